The number of aliphatic hydroxyl groups excluding tert-OH is 3. The van der Waals surface area contributed by atoms with Gasteiger partial charge in [-0.3, -0.25) is 24.1 Å². The normalized spacial score (nSPS) is 29.9. The second kappa shape index (κ2) is 9.85. The van der Waals surface area contributed by atoms with Crippen LogP contribution in [0.3, 0.4) is 0 Å². The van der Waals surface area contributed by atoms with Crippen molar-refractivity contribution in [2.45, 2.75) is 58.2 Å². The number of nitrogens with one attached hydrogen (secondary N) is 1. The number of hydrogen-bond acceptors (Lipinski definition) is 9. The first-order chi connectivity index (χ1) is 18.9. The van der Waals surface area contributed by atoms with Gasteiger partial charge in [0.15, 0.2) is 11.6 Å². The molecule has 0 radical (unpaired) electrons. The molecular weight excluding hydrogens is 530 g/mol. The average molecular weight is 568 g/mol. The van der Waals surface area contributed by atoms with E-state index in [1.54, 1.807) is 33.2 Å². The minimum absolute atomic E-state index is 0.0423. The molecule has 11 nitrogen and oxygen atoms in total. The van der Waals surface area contributed by atoms with Crippen LogP contribution in [-0.2, 0) is 19.2 Å². The number of carbonyl (C=O) groups excluding carboxylic acids is 4. The Hall–Kier alpha value is -3.96. The number of allylic oxidation sites excluding steroid dienone is 1. The minimum Gasteiger partial charge on any atom is -0.510 e. The van der Waals surface area contributed by atoms with Crippen molar-refractivity contribution in [2.24, 2.45) is 23.0 Å². The van der Waals surface area contributed by atoms with Gasteiger partial charge in [-0.1, -0.05) is 19.1 Å². The van der Waals surface area contributed by atoms with E-state index in [0.717, 1.165) is 0 Å². The number of amides is 2. The van der Waals surface area contributed by atoms with Crippen LogP contribution in [0.25, 0.3) is 11.8 Å². The molecule has 3 aliphatic rings. The zero-order valence-corrected chi connectivity index (χ0v) is 24.1. The van der Waals surface area contributed by atoms with Crippen LogP contribution in [0, 0.1) is 17.3 Å². The molecule has 1 saturated carbocycles. The Balaban J connectivity index is 1.92. The first kappa shape index (κ1) is 30.0. The number of benzene rings is 1. The van der Waals surface area contributed by atoms with Crippen LogP contribution >= 0.6 is 0 Å². The summed E-state index contributed by atoms with van der Waals surface area (Å²) >= 11 is 0. The number of aliphatic hydroxyl groups is 3. The van der Waals surface area contributed by atoms with Gasteiger partial charge in [0.05, 0.1) is 23.1 Å². The topological polar surface area (TPSA) is 190 Å². The molecule has 0 spiro atoms. The molecule has 3 aliphatic carbocycles. The molecule has 0 aliphatic heterocycles. The van der Waals surface area contributed by atoms with E-state index in [-0.39, 0.29) is 22.4 Å². The van der Waals surface area contributed by atoms with E-state index in [1.807, 2.05) is 20.8 Å². The third kappa shape index (κ3) is 4.43. The number of phenolic OH excluding ortho intramolecular Hbond substituents is 1. The highest BCUT2D eigenvalue weighted by Crippen LogP contribution is 2.59. The number of fused-ring (bicyclic) bond motifs is 3. The van der Waals surface area contributed by atoms with Gasteiger partial charge in [-0.25, -0.2) is 0 Å². The van der Waals surface area contributed by atoms with Crippen molar-refractivity contribution < 1.29 is 39.6 Å². The van der Waals surface area contributed by atoms with Gasteiger partial charge in [-0.15, -0.1) is 0 Å². The predicted octanol–water partition coefficient (Wildman–Crippen LogP) is 1.70. The number of likely N-dealkylation sites (N-methyl/N-ethyl adjacent to an activating group) is 1. The minimum atomic E-state index is -1.98. The lowest BCUT2D eigenvalue weighted by Crippen LogP contribution is -2.66. The van der Waals surface area contributed by atoms with Crippen molar-refractivity contribution in [3.8, 4) is 5.75 Å². The molecule has 4 rings (SSSR count). The summed E-state index contributed by atoms with van der Waals surface area (Å²) in [5.41, 5.74) is 2.61. The van der Waals surface area contributed by atoms with E-state index < -0.39 is 81.3 Å². The maximum atomic E-state index is 14.3. The van der Waals surface area contributed by atoms with Gasteiger partial charge in [-0.2, -0.15) is 0 Å². The summed E-state index contributed by atoms with van der Waals surface area (Å²) in [4.78, 5) is 53.6. The van der Waals surface area contributed by atoms with Crippen molar-refractivity contribution in [3.63, 3.8) is 0 Å². The Bertz CT molecular complexity index is 1460. The lowest BCUT2D eigenvalue weighted by Gasteiger charge is -2.55. The van der Waals surface area contributed by atoms with Crippen LogP contribution in [0.2, 0.25) is 0 Å². The third-order valence-corrected chi connectivity index (χ3v) is 8.51. The number of nitrogens with two attached hydrogens (primary N) is 1. The lowest BCUT2D eigenvalue weighted by molar-refractivity contribution is -0.150. The van der Waals surface area contributed by atoms with Crippen LogP contribution in [0.4, 0.5) is 0 Å². The molecule has 1 aromatic rings. The van der Waals surface area contributed by atoms with E-state index in [4.69, 9.17) is 5.73 Å². The van der Waals surface area contributed by atoms with Gasteiger partial charge in [0.1, 0.15) is 22.8 Å². The summed E-state index contributed by atoms with van der Waals surface area (Å²) in [6, 6.07) is 2.03. The lowest BCUT2D eigenvalue weighted by atomic mass is 9.50. The molecule has 6 atom stereocenters. The smallest absolute Gasteiger partial charge is 0.255 e. The fraction of sp³-hybridized carbons (Fsp3) is 0.467. The first-order valence-corrected chi connectivity index (χ1v) is 13.3. The number of ketones is 2. The van der Waals surface area contributed by atoms with E-state index in [0.29, 0.717) is 5.56 Å². The highest BCUT2D eigenvalue weighted by Gasteiger charge is 2.66. The van der Waals surface area contributed by atoms with E-state index >= 15 is 0 Å². The van der Waals surface area contributed by atoms with E-state index in [1.165, 1.54) is 24.0 Å². The summed E-state index contributed by atoms with van der Waals surface area (Å²) in [6.07, 6.45) is 1.19. The number of primary amides is 1. The standard InChI is InChI=1S/C30H37N3O8/c1-12-14-10-8-13(9-11-15(34)32-29(2,3)4)22(35)17(14)23(36)18-16(12)24(37)20-21(33(6)7)25(38)19(28(31)41)27(40)30(20,5)26(18)39/h8-12,16,20-21,24,35-37,40H,1-7H3,(H2,31,41)(H,32,34)/b11-9-/t12-,16+,20+,21-,24-,30-/m0/s1. The zero-order chi connectivity index (χ0) is 30.9. The Morgan fingerprint density at radius 2 is 1.73 bits per heavy atom. The number of aromatic hydroxyl groups is 1. The predicted molar refractivity (Wildman–Crippen MR) is 150 cm³/mol. The van der Waals surface area contributed by atoms with Gasteiger partial charge in [0.25, 0.3) is 5.91 Å². The maximum absolute atomic E-state index is 14.3. The molecule has 2 amide bonds. The van der Waals surface area contributed by atoms with Crippen LogP contribution in [0.5, 0.6) is 5.75 Å². The van der Waals surface area contributed by atoms with Gasteiger partial charge in [0, 0.05) is 34.6 Å². The Labute approximate surface area is 238 Å². The molecule has 11 heteroatoms. The monoisotopic (exact) mass is 567 g/mol. The van der Waals surface area contributed by atoms with Crippen LogP contribution < -0.4 is 11.1 Å². The highest BCUT2D eigenvalue weighted by atomic mass is 16.3. The van der Waals surface area contributed by atoms with Gasteiger partial charge in [0.2, 0.25) is 5.91 Å². The molecule has 1 fully saturated rings. The molecule has 7 N–H and O–H groups in total. The second-order valence-electron chi connectivity index (χ2n) is 12.5. The third-order valence-electron chi connectivity index (χ3n) is 8.51. The summed E-state index contributed by atoms with van der Waals surface area (Å²) in [6.45, 7) is 8.50. The highest BCUT2D eigenvalue weighted by molar-refractivity contribution is 6.24. The number of hydrogen-bond donors (Lipinski definition) is 6. The molecule has 220 valence electrons. The SMILES string of the molecule is C[C@H]1c2ccc(/C=C\C(=O)NC(C)(C)C)c(O)c2C(O)=C2C(=O)[C@@]3(C)C(O)=C(C(N)=O)C(=O)[C@@H](N(C)C)[C@@H]3[C@@H](O)[C@@H]21. The molecule has 0 saturated heterocycles. The summed E-state index contributed by atoms with van der Waals surface area (Å²) in [5.74, 6) is -7.83. The maximum Gasteiger partial charge on any atom is 0.255 e. The summed E-state index contributed by atoms with van der Waals surface area (Å²) < 4.78 is 0. The molecule has 0 heterocycles. The fourth-order valence-corrected chi connectivity index (χ4v) is 6.67. The van der Waals surface area contributed by atoms with Crippen molar-refractivity contribution in [3.05, 3.63) is 51.8 Å². The molecule has 0 bridgehead atoms. The molecule has 0 aromatic heterocycles. The van der Waals surface area contributed by atoms with Gasteiger partial charge >= 0.3 is 0 Å². The van der Waals surface area contributed by atoms with Crippen molar-refractivity contribution in [2.75, 3.05) is 14.1 Å². The number of nitrogens with zero attached hydrogens (tertiary/aromatic N) is 1. The van der Waals surface area contributed by atoms with Crippen LogP contribution in [0.1, 0.15) is 57.2 Å². The number of phenols is 1. The quantitative estimate of drug-likeness (QED) is 0.232. The van der Waals surface area contributed by atoms with Gasteiger partial charge in [-0.05, 0) is 59.3 Å². The molecule has 0 unspecified atom stereocenters. The molecule has 41 heavy (non-hydrogen) atoms. The second-order valence-corrected chi connectivity index (χ2v) is 12.5. The largest absolute Gasteiger partial charge is 0.510 e. The Kier molecular flexibility index (Phi) is 7.21. The van der Waals surface area contributed by atoms with Gasteiger partial charge < -0.3 is 31.5 Å². The number of rotatable bonds is 4. The summed E-state index contributed by atoms with van der Waals surface area (Å²) in [5, 5.41) is 48.5. The molecular formula is C30H37N3O8. The van der Waals surface area contributed by atoms with Crippen LogP contribution in [-0.4, -0.2) is 80.5 Å². The number of Topliss-reactive ketones (excluding diaryl/α,β-unsaturated/α-hetero) is 2. The fourth-order valence-electron chi connectivity index (χ4n) is 6.67. The van der Waals surface area contributed by atoms with Crippen molar-refractivity contribution >= 4 is 35.2 Å². The zero-order valence-electron chi connectivity index (χ0n) is 24.1. The Morgan fingerprint density at radius 1 is 1.12 bits per heavy atom. The average Bonchev–Trinajstić information content (AvgIpc) is 2.84. The first-order valence-electron chi connectivity index (χ1n) is 13.3. The number of carbonyl (C=O) groups is 4. The molecule has 1 aromatic carbocycles. The van der Waals surface area contributed by atoms with E-state index in [9.17, 15) is 39.6 Å². The van der Waals surface area contributed by atoms with Crippen molar-refractivity contribution in [1.82, 2.24) is 10.2 Å². The Morgan fingerprint density at radius 3 is 2.27 bits per heavy atom. The summed E-state index contributed by atoms with van der Waals surface area (Å²) in [7, 11) is 3.11. The van der Waals surface area contributed by atoms with E-state index in [2.05, 4.69) is 5.32 Å². The van der Waals surface area contributed by atoms with Crippen molar-refractivity contribution in [1.29, 1.82) is 0 Å². The van der Waals surface area contributed by atoms with Crippen LogP contribution in [0.15, 0.2) is 35.1 Å².